The Morgan fingerprint density at radius 2 is 2.07 bits per heavy atom. The summed E-state index contributed by atoms with van der Waals surface area (Å²) in [5, 5.41) is 9.35. The number of aryl methyl sites for hydroxylation is 1. The van der Waals surface area contributed by atoms with Crippen LogP contribution in [0.15, 0.2) is 12.3 Å². The molecule has 2 N–H and O–H groups in total. The number of aromatic nitrogens is 4. The number of carbonyl (C=O) groups is 1. The van der Waals surface area contributed by atoms with Crippen LogP contribution in [-0.2, 0) is 9.53 Å². The Bertz CT molecular complexity index is 782. The number of nitrogens with zero attached hydrogens (tertiary/aromatic N) is 6. The van der Waals surface area contributed by atoms with Crippen LogP contribution in [0.4, 0.5) is 16.9 Å². The highest BCUT2D eigenvalue weighted by Crippen LogP contribution is 2.27. The lowest BCUT2D eigenvalue weighted by molar-refractivity contribution is -0.129. The van der Waals surface area contributed by atoms with Gasteiger partial charge in [-0.3, -0.25) is 10.0 Å². The highest BCUT2D eigenvalue weighted by atomic mass is 32.1. The van der Waals surface area contributed by atoms with E-state index in [1.807, 2.05) is 13.0 Å². The van der Waals surface area contributed by atoms with Gasteiger partial charge in [-0.1, -0.05) is 12.8 Å². The van der Waals surface area contributed by atoms with Crippen LogP contribution >= 0.6 is 11.5 Å². The normalized spacial score (nSPS) is 14.1. The van der Waals surface area contributed by atoms with Gasteiger partial charge in [-0.05, 0) is 25.8 Å². The molecule has 29 heavy (non-hydrogen) atoms. The minimum Gasteiger partial charge on any atom is -0.378 e. The van der Waals surface area contributed by atoms with Crippen molar-refractivity contribution in [2.45, 2.75) is 39.0 Å². The lowest BCUT2D eigenvalue weighted by Gasteiger charge is -2.28. The van der Waals surface area contributed by atoms with Crippen molar-refractivity contribution in [3.8, 4) is 0 Å². The van der Waals surface area contributed by atoms with Gasteiger partial charge in [-0.15, -0.1) is 0 Å². The van der Waals surface area contributed by atoms with E-state index in [4.69, 9.17) is 14.9 Å². The number of rotatable bonds is 10. The summed E-state index contributed by atoms with van der Waals surface area (Å²) >= 11 is 1.36. The van der Waals surface area contributed by atoms with Gasteiger partial charge in [0.2, 0.25) is 17.0 Å². The van der Waals surface area contributed by atoms with Gasteiger partial charge < -0.3 is 14.5 Å². The third-order valence-corrected chi connectivity index (χ3v) is 5.44. The molecule has 0 bridgehead atoms. The van der Waals surface area contributed by atoms with Crippen molar-refractivity contribution in [2.24, 2.45) is 0 Å². The Kier molecular flexibility index (Phi) is 8.08. The van der Waals surface area contributed by atoms with Crippen LogP contribution in [0.1, 0.15) is 37.9 Å². The average Bonchev–Trinajstić information content (AvgIpc) is 3.19. The Labute approximate surface area is 174 Å². The number of nitrogens with one attached hydrogen (secondary N) is 1. The molecular formula is C18H27N7O3S. The van der Waals surface area contributed by atoms with E-state index in [0.717, 1.165) is 62.1 Å². The van der Waals surface area contributed by atoms with Crippen molar-refractivity contribution in [3.63, 3.8) is 0 Å². The molecule has 11 heteroatoms. The van der Waals surface area contributed by atoms with Crippen molar-refractivity contribution in [2.75, 3.05) is 42.6 Å². The highest BCUT2D eigenvalue weighted by Gasteiger charge is 2.19. The standard InChI is InChI=1S/C18H27N7O3S/c1-14-20-18(29-23-14)25(9-5-3-2-4-6-16(26)22-27)15-7-8-19-17(21-15)24-10-12-28-13-11-24/h7-8,27H,2-6,9-13H2,1H3,(H,22,26). The van der Waals surface area contributed by atoms with Crippen LogP contribution in [0.5, 0.6) is 0 Å². The van der Waals surface area contributed by atoms with Crippen molar-refractivity contribution in [1.29, 1.82) is 0 Å². The maximum Gasteiger partial charge on any atom is 0.243 e. The monoisotopic (exact) mass is 421 g/mol. The van der Waals surface area contributed by atoms with Gasteiger partial charge in [-0.25, -0.2) is 15.4 Å². The number of unbranched alkanes of at least 4 members (excludes halogenated alkanes) is 3. The van der Waals surface area contributed by atoms with Crippen molar-refractivity contribution < 1.29 is 14.7 Å². The summed E-state index contributed by atoms with van der Waals surface area (Å²) in [7, 11) is 0. The van der Waals surface area contributed by atoms with Gasteiger partial charge in [0, 0.05) is 43.8 Å². The number of morpholine rings is 1. The summed E-state index contributed by atoms with van der Waals surface area (Å²) < 4.78 is 9.73. The van der Waals surface area contributed by atoms with Crippen LogP contribution < -0.4 is 15.3 Å². The van der Waals surface area contributed by atoms with Gasteiger partial charge in [0.15, 0.2) is 0 Å². The Hall–Kier alpha value is -2.37. The van der Waals surface area contributed by atoms with Crippen LogP contribution in [0, 0.1) is 6.92 Å². The fourth-order valence-corrected chi connectivity index (χ4v) is 3.79. The first-order valence-corrected chi connectivity index (χ1v) is 10.6. The predicted octanol–water partition coefficient (Wildman–Crippen LogP) is 2.07. The molecule has 10 nitrogen and oxygen atoms in total. The van der Waals surface area contributed by atoms with E-state index in [1.54, 1.807) is 11.7 Å². The average molecular weight is 422 g/mol. The van der Waals surface area contributed by atoms with Gasteiger partial charge >= 0.3 is 0 Å². The minimum atomic E-state index is -0.340. The number of anilines is 3. The number of hydrogen-bond acceptors (Lipinski definition) is 10. The van der Waals surface area contributed by atoms with Crippen molar-refractivity contribution in [3.05, 3.63) is 18.1 Å². The molecule has 0 spiro atoms. The zero-order chi connectivity index (χ0) is 20.5. The molecule has 1 saturated heterocycles. The van der Waals surface area contributed by atoms with Gasteiger partial charge in [-0.2, -0.15) is 9.36 Å². The molecule has 1 fully saturated rings. The summed E-state index contributed by atoms with van der Waals surface area (Å²) in [5.74, 6) is 1.91. The number of ether oxygens (including phenoxy) is 1. The van der Waals surface area contributed by atoms with E-state index in [2.05, 4.69) is 24.1 Å². The second-order valence-electron chi connectivity index (χ2n) is 6.79. The maximum absolute atomic E-state index is 11.1. The van der Waals surface area contributed by atoms with Gasteiger partial charge in [0.25, 0.3) is 0 Å². The third kappa shape index (κ3) is 6.31. The fraction of sp³-hybridized carbons (Fsp3) is 0.611. The molecule has 1 amide bonds. The largest absolute Gasteiger partial charge is 0.378 e. The molecule has 2 aromatic rings. The first kappa shape index (κ1) is 21.3. The van der Waals surface area contributed by atoms with E-state index in [-0.39, 0.29) is 5.91 Å². The van der Waals surface area contributed by atoms with Crippen LogP contribution in [0.2, 0.25) is 0 Å². The molecule has 0 saturated carbocycles. The molecule has 0 radical (unpaired) electrons. The van der Waals surface area contributed by atoms with Crippen LogP contribution in [-0.4, -0.2) is 63.3 Å². The van der Waals surface area contributed by atoms with E-state index in [9.17, 15) is 4.79 Å². The summed E-state index contributed by atoms with van der Waals surface area (Å²) in [6, 6.07) is 1.90. The van der Waals surface area contributed by atoms with Crippen LogP contribution in [0.25, 0.3) is 0 Å². The lowest BCUT2D eigenvalue weighted by Crippen LogP contribution is -2.37. The first-order valence-electron chi connectivity index (χ1n) is 9.84. The van der Waals surface area contributed by atoms with E-state index < -0.39 is 0 Å². The van der Waals surface area contributed by atoms with Crippen molar-refractivity contribution in [1.82, 2.24) is 24.8 Å². The second kappa shape index (κ2) is 11.0. The Morgan fingerprint density at radius 3 is 2.79 bits per heavy atom. The molecular weight excluding hydrogens is 394 g/mol. The van der Waals surface area contributed by atoms with E-state index in [0.29, 0.717) is 25.6 Å². The van der Waals surface area contributed by atoms with Crippen LogP contribution in [0.3, 0.4) is 0 Å². The van der Waals surface area contributed by atoms with E-state index in [1.165, 1.54) is 11.5 Å². The zero-order valence-corrected chi connectivity index (χ0v) is 17.4. The highest BCUT2D eigenvalue weighted by molar-refractivity contribution is 7.09. The Balaban J connectivity index is 1.64. The molecule has 0 unspecified atom stereocenters. The maximum atomic E-state index is 11.1. The van der Waals surface area contributed by atoms with Crippen molar-refractivity contribution >= 4 is 34.3 Å². The minimum absolute atomic E-state index is 0.338. The van der Waals surface area contributed by atoms with Gasteiger partial charge in [0.1, 0.15) is 11.6 Å². The Morgan fingerprint density at radius 1 is 1.28 bits per heavy atom. The van der Waals surface area contributed by atoms with Gasteiger partial charge in [0.05, 0.1) is 13.2 Å². The molecule has 158 valence electrons. The number of amides is 1. The smallest absolute Gasteiger partial charge is 0.243 e. The number of hydroxylamine groups is 1. The lowest BCUT2D eigenvalue weighted by atomic mass is 10.1. The molecule has 3 rings (SSSR count). The zero-order valence-electron chi connectivity index (χ0n) is 16.6. The third-order valence-electron chi connectivity index (χ3n) is 4.61. The summed E-state index contributed by atoms with van der Waals surface area (Å²) in [6.07, 6.45) is 5.68. The molecule has 1 aliphatic rings. The summed E-state index contributed by atoms with van der Waals surface area (Å²) in [6.45, 7) is 5.55. The molecule has 0 atom stereocenters. The second-order valence-corrected chi connectivity index (χ2v) is 7.52. The molecule has 0 aromatic carbocycles. The molecule has 0 aliphatic carbocycles. The predicted molar refractivity (Wildman–Crippen MR) is 110 cm³/mol. The molecule has 2 aromatic heterocycles. The van der Waals surface area contributed by atoms with E-state index >= 15 is 0 Å². The first-order chi connectivity index (χ1) is 14.2. The SMILES string of the molecule is Cc1nsc(N(CCCCCCC(=O)NO)c2ccnc(N3CCOCC3)n2)n1. The number of hydrogen-bond donors (Lipinski definition) is 2. The number of carbonyl (C=O) groups excluding carboxylic acids is 1. The fourth-order valence-electron chi connectivity index (χ4n) is 3.07. The summed E-state index contributed by atoms with van der Waals surface area (Å²) in [4.78, 5) is 29.0. The quantitative estimate of drug-likeness (QED) is 0.338. The molecule has 3 heterocycles. The topological polar surface area (TPSA) is 117 Å². The molecule has 1 aliphatic heterocycles. The summed E-state index contributed by atoms with van der Waals surface area (Å²) in [5.41, 5.74) is 1.66.